The molecule has 116 valence electrons. The first-order valence-electron chi connectivity index (χ1n) is 7.03. The van der Waals surface area contributed by atoms with Crippen LogP contribution in [0.25, 0.3) is 0 Å². The first-order chi connectivity index (χ1) is 10.1. The number of aliphatic carboxylic acids is 1. The number of aliphatic hydroxyl groups is 1. The van der Waals surface area contributed by atoms with E-state index in [2.05, 4.69) is 10.4 Å². The van der Waals surface area contributed by atoms with E-state index in [1.54, 1.807) is 4.90 Å². The van der Waals surface area contributed by atoms with Crippen molar-refractivity contribution in [3.8, 4) is 0 Å². The van der Waals surface area contributed by atoms with E-state index in [9.17, 15) is 9.59 Å². The smallest absolute Gasteiger partial charge is 0.325 e. The van der Waals surface area contributed by atoms with E-state index in [1.165, 1.54) is 17.1 Å². The molecular formula is C13H20N4O4. The fourth-order valence-electron chi connectivity index (χ4n) is 2.24. The van der Waals surface area contributed by atoms with Gasteiger partial charge in [0.1, 0.15) is 6.54 Å². The minimum absolute atomic E-state index is 0.0487. The average molecular weight is 296 g/mol. The molecule has 1 saturated carbocycles. The minimum atomic E-state index is -0.991. The second kappa shape index (κ2) is 7.07. The minimum Gasteiger partial charge on any atom is -0.480 e. The number of anilines is 1. The van der Waals surface area contributed by atoms with E-state index in [4.69, 9.17) is 10.2 Å². The maximum Gasteiger partial charge on any atom is 0.325 e. The van der Waals surface area contributed by atoms with Crippen LogP contribution in [0, 0.1) is 0 Å². The van der Waals surface area contributed by atoms with E-state index >= 15 is 0 Å². The normalized spacial score (nSPS) is 14.5. The number of nitrogens with zero attached hydrogens (tertiary/aromatic N) is 3. The van der Waals surface area contributed by atoms with Gasteiger partial charge >= 0.3 is 12.0 Å². The molecule has 0 radical (unpaired) electrons. The summed E-state index contributed by atoms with van der Waals surface area (Å²) in [6.45, 7) is 0.316. The third-order valence-corrected chi connectivity index (χ3v) is 3.52. The van der Waals surface area contributed by atoms with E-state index in [1.807, 2.05) is 0 Å². The van der Waals surface area contributed by atoms with Crippen molar-refractivity contribution >= 4 is 17.7 Å². The highest BCUT2D eigenvalue weighted by atomic mass is 16.4. The zero-order valence-corrected chi connectivity index (χ0v) is 11.7. The standard InChI is InChI=1S/C13H20N4O4/c18-6-2-5-17(11-3-1-4-11)13(21)15-10-7-14-16(8-10)9-12(19)20/h7-8,11,18H,1-6,9H2,(H,15,21)(H,19,20). The van der Waals surface area contributed by atoms with Crippen molar-refractivity contribution in [3.63, 3.8) is 0 Å². The summed E-state index contributed by atoms with van der Waals surface area (Å²) in [5.41, 5.74) is 0.467. The molecule has 2 amide bonds. The second-order valence-corrected chi connectivity index (χ2v) is 5.11. The third kappa shape index (κ3) is 4.19. The van der Waals surface area contributed by atoms with Gasteiger partial charge in [-0.25, -0.2) is 4.79 Å². The molecule has 3 N–H and O–H groups in total. The van der Waals surface area contributed by atoms with Gasteiger partial charge in [-0.3, -0.25) is 9.48 Å². The predicted molar refractivity (Wildman–Crippen MR) is 74.9 cm³/mol. The molecule has 0 bridgehead atoms. The Morgan fingerprint density at radius 3 is 2.81 bits per heavy atom. The molecule has 1 fully saturated rings. The summed E-state index contributed by atoms with van der Waals surface area (Å²) in [4.78, 5) is 24.6. The summed E-state index contributed by atoms with van der Waals surface area (Å²) in [7, 11) is 0. The quantitative estimate of drug-likeness (QED) is 0.687. The number of carbonyl (C=O) groups is 2. The summed E-state index contributed by atoms with van der Waals surface area (Å²) in [5.74, 6) is -0.991. The Balaban J connectivity index is 1.93. The summed E-state index contributed by atoms with van der Waals surface area (Å²) in [5, 5.41) is 24.2. The van der Waals surface area contributed by atoms with Crippen molar-refractivity contribution in [3.05, 3.63) is 12.4 Å². The fourth-order valence-corrected chi connectivity index (χ4v) is 2.24. The molecule has 2 rings (SSSR count). The highest BCUT2D eigenvalue weighted by molar-refractivity contribution is 5.89. The molecule has 8 heteroatoms. The number of urea groups is 1. The Bertz CT molecular complexity index is 498. The predicted octanol–water partition coefficient (Wildman–Crippen LogP) is 0.736. The lowest BCUT2D eigenvalue weighted by molar-refractivity contribution is -0.137. The molecule has 0 atom stereocenters. The monoisotopic (exact) mass is 296 g/mol. The van der Waals surface area contributed by atoms with Crippen LogP contribution in [0.15, 0.2) is 12.4 Å². The fraction of sp³-hybridized carbons (Fsp3) is 0.615. The topological polar surface area (TPSA) is 108 Å². The molecule has 1 aliphatic carbocycles. The Morgan fingerprint density at radius 1 is 1.48 bits per heavy atom. The molecule has 21 heavy (non-hydrogen) atoms. The zero-order valence-electron chi connectivity index (χ0n) is 11.7. The van der Waals surface area contributed by atoms with Gasteiger partial charge < -0.3 is 20.4 Å². The second-order valence-electron chi connectivity index (χ2n) is 5.11. The molecule has 1 aromatic rings. The molecule has 0 aromatic carbocycles. The average Bonchev–Trinajstić information content (AvgIpc) is 2.78. The number of aromatic nitrogens is 2. The Kier molecular flexibility index (Phi) is 5.15. The van der Waals surface area contributed by atoms with E-state index in [-0.39, 0.29) is 25.2 Å². The van der Waals surface area contributed by atoms with Gasteiger partial charge in [0.2, 0.25) is 0 Å². The first-order valence-corrected chi connectivity index (χ1v) is 7.03. The first kappa shape index (κ1) is 15.3. The number of carbonyl (C=O) groups excluding carboxylic acids is 1. The molecule has 8 nitrogen and oxygen atoms in total. The van der Waals surface area contributed by atoms with Crippen LogP contribution in [-0.4, -0.2) is 56.1 Å². The highest BCUT2D eigenvalue weighted by Crippen LogP contribution is 2.25. The number of aliphatic hydroxyl groups excluding tert-OH is 1. The molecule has 0 aliphatic heterocycles. The number of carboxylic acid groups (broad SMARTS) is 1. The Labute approximate surface area is 122 Å². The molecule has 0 saturated heterocycles. The van der Waals surface area contributed by atoms with Gasteiger partial charge in [-0.1, -0.05) is 0 Å². The van der Waals surface area contributed by atoms with Crippen LogP contribution in [-0.2, 0) is 11.3 Å². The lowest BCUT2D eigenvalue weighted by Crippen LogP contribution is -2.46. The van der Waals surface area contributed by atoms with Crippen molar-refractivity contribution < 1.29 is 19.8 Å². The SMILES string of the molecule is O=C(O)Cn1cc(NC(=O)N(CCCO)C2CCC2)cn1. The van der Waals surface area contributed by atoms with E-state index < -0.39 is 5.97 Å². The lowest BCUT2D eigenvalue weighted by Gasteiger charge is -2.37. The Hall–Kier alpha value is -2.09. The van der Waals surface area contributed by atoms with Crippen molar-refractivity contribution in [1.29, 1.82) is 0 Å². The Morgan fingerprint density at radius 2 is 2.24 bits per heavy atom. The van der Waals surface area contributed by atoms with Gasteiger partial charge in [0, 0.05) is 25.4 Å². The maximum absolute atomic E-state index is 12.3. The van der Waals surface area contributed by atoms with E-state index in [0.29, 0.717) is 18.7 Å². The maximum atomic E-state index is 12.3. The van der Waals surface area contributed by atoms with Crippen LogP contribution < -0.4 is 5.32 Å². The summed E-state index contributed by atoms with van der Waals surface area (Å²) < 4.78 is 1.25. The van der Waals surface area contributed by atoms with Crippen LogP contribution >= 0.6 is 0 Å². The zero-order chi connectivity index (χ0) is 15.2. The number of nitrogens with one attached hydrogen (secondary N) is 1. The van der Waals surface area contributed by atoms with Gasteiger partial charge in [0.25, 0.3) is 0 Å². The van der Waals surface area contributed by atoms with Crippen LogP contribution in [0.2, 0.25) is 0 Å². The molecule has 1 heterocycles. The van der Waals surface area contributed by atoms with Crippen molar-refractivity contribution in [2.75, 3.05) is 18.5 Å². The van der Waals surface area contributed by atoms with Crippen molar-refractivity contribution in [1.82, 2.24) is 14.7 Å². The summed E-state index contributed by atoms with van der Waals surface area (Å²) in [6, 6.07) is -0.00589. The van der Waals surface area contributed by atoms with Gasteiger partial charge in [-0.2, -0.15) is 5.10 Å². The van der Waals surface area contributed by atoms with Crippen LogP contribution in [0.4, 0.5) is 10.5 Å². The summed E-state index contributed by atoms with van der Waals surface area (Å²) in [6.07, 6.45) is 6.53. The largest absolute Gasteiger partial charge is 0.480 e. The number of hydrogen-bond acceptors (Lipinski definition) is 4. The molecule has 0 spiro atoms. The van der Waals surface area contributed by atoms with Gasteiger partial charge in [0.15, 0.2) is 0 Å². The van der Waals surface area contributed by atoms with Crippen LogP contribution in [0.1, 0.15) is 25.7 Å². The number of amides is 2. The van der Waals surface area contributed by atoms with Gasteiger partial charge in [-0.05, 0) is 25.7 Å². The van der Waals surface area contributed by atoms with Crippen molar-refractivity contribution in [2.24, 2.45) is 0 Å². The lowest BCUT2D eigenvalue weighted by atomic mass is 9.91. The van der Waals surface area contributed by atoms with E-state index in [0.717, 1.165) is 19.3 Å². The van der Waals surface area contributed by atoms with Crippen LogP contribution in [0.5, 0.6) is 0 Å². The highest BCUT2D eigenvalue weighted by Gasteiger charge is 2.28. The van der Waals surface area contributed by atoms with Crippen LogP contribution in [0.3, 0.4) is 0 Å². The number of carboxylic acids is 1. The van der Waals surface area contributed by atoms with Crippen molar-refractivity contribution in [2.45, 2.75) is 38.3 Å². The number of rotatable bonds is 7. The number of hydrogen-bond donors (Lipinski definition) is 3. The molecule has 0 unspecified atom stereocenters. The molecular weight excluding hydrogens is 276 g/mol. The molecule has 1 aromatic heterocycles. The van der Waals surface area contributed by atoms with Gasteiger partial charge in [-0.15, -0.1) is 0 Å². The third-order valence-electron chi connectivity index (χ3n) is 3.52. The van der Waals surface area contributed by atoms with Gasteiger partial charge in [0.05, 0.1) is 11.9 Å². The molecule has 1 aliphatic rings. The summed E-state index contributed by atoms with van der Waals surface area (Å²) >= 11 is 0.